The van der Waals surface area contributed by atoms with E-state index >= 15 is 0 Å². The zero-order valence-corrected chi connectivity index (χ0v) is 17.3. The topological polar surface area (TPSA) is 34.1 Å². The Morgan fingerprint density at radius 1 is 1.00 bits per heavy atom. The number of rotatable bonds is 9. The van der Waals surface area contributed by atoms with Gasteiger partial charge in [0, 0.05) is 22.6 Å². The number of carbonyl (C=O) groups is 1. The Balaban J connectivity index is 2.32. The highest BCUT2D eigenvalue weighted by atomic mass is 31.1. The van der Waals surface area contributed by atoms with Crippen LogP contribution < -0.4 is 5.30 Å². The Labute approximate surface area is 158 Å². The van der Waals surface area contributed by atoms with Crippen molar-refractivity contribution in [3.05, 3.63) is 64.7 Å². The standard InChI is InChI=1S/C23H30O2P/c1-5-7-13-19(6-2)16-26(25)21-15-9-8-14-20(21)23(24)22-17(3)11-10-12-18(22)4/h8-12,14-15,19H,5-7,13,16H2,1-4H3. The summed E-state index contributed by atoms with van der Waals surface area (Å²) in [5, 5.41) is 0.713. The Hall–Kier alpha value is -1.79. The van der Waals surface area contributed by atoms with Crippen molar-refractivity contribution in [3.63, 3.8) is 0 Å². The Morgan fingerprint density at radius 3 is 2.27 bits per heavy atom. The molecule has 1 radical (unpaired) electrons. The second-order valence-corrected chi connectivity index (χ2v) is 8.69. The maximum atomic E-state index is 13.2. The Morgan fingerprint density at radius 2 is 1.65 bits per heavy atom. The molecule has 0 aliphatic carbocycles. The van der Waals surface area contributed by atoms with Crippen LogP contribution in [0.15, 0.2) is 42.5 Å². The van der Waals surface area contributed by atoms with E-state index in [9.17, 15) is 9.36 Å². The van der Waals surface area contributed by atoms with E-state index in [1.807, 2.05) is 56.3 Å². The second kappa shape index (κ2) is 9.78. The number of aryl methyl sites for hydroxylation is 2. The average Bonchev–Trinajstić information content (AvgIpc) is 2.64. The summed E-state index contributed by atoms with van der Waals surface area (Å²) < 4.78 is 13.1. The highest BCUT2D eigenvalue weighted by Crippen LogP contribution is 2.30. The minimum Gasteiger partial charge on any atom is -0.289 e. The summed E-state index contributed by atoms with van der Waals surface area (Å²) in [5.41, 5.74) is 3.27. The number of hydrogen-bond acceptors (Lipinski definition) is 2. The van der Waals surface area contributed by atoms with E-state index < -0.39 is 7.80 Å². The van der Waals surface area contributed by atoms with Gasteiger partial charge in [-0.2, -0.15) is 0 Å². The predicted octanol–water partition coefficient (Wildman–Crippen LogP) is 6.20. The summed E-state index contributed by atoms with van der Waals surface area (Å²) >= 11 is 0. The van der Waals surface area contributed by atoms with Crippen molar-refractivity contribution >= 4 is 18.9 Å². The average molecular weight is 369 g/mol. The lowest BCUT2D eigenvalue weighted by molar-refractivity contribution is 0.103. The quantitative estimate of drug-likeness (QED) is 0.389. The van der Waals surface area contributed by atoms with Gasteiger partial charge in [-0.05, 0) is 49.4 Å². The van der Waals surface area contributed by atoms with Crippen LogP contribution in [0.2, 0.25) is 0 Å². The van der Waals surface area contributed by atoms with Crippen molar-refractivity contribution in [2.75, 3.05) is 6.16 Å². The predicted molar refractivity (Wildman–Crippen MR) is 111 cm³/mol. The van der Waals surface area contributed by atoms with Crippen molar-refractivity contribution in [2.45, 2.75) is 53.4 Å². The van der Waals surface area contributed by atoms with Crippen LogP contribution in [-0.2, 0) is 4.57 Å². The molecule has 2 aromatic carbocycles. The summed E-state index contributed by atoms with van der Waals surface area (Å²) in [6, 6.07) is 13.3. The third-order valence-electron chi connectivity index (χ3n) is 5.09. The number of hydrogen-bond donors (Lipinski definition) is 0. The third-order valence-corrected chi connectivity index (χ3v) is 6.87. The van der Waals surface area contributed by atoms with Gasteiger partial charge in [0.25, 0.3) is 0 Å². The van der Waals surface area contributed by atoms with Gasteiger partial charge >= 0.3 is 0 Å². The fraction of sp³-hybridized carbons (Fsp3) is 0.435. The zero-order chi connectivity index (χ0) is 19.1. The molecule has 2 nitrogen and oxygen atoms in total. The van der Waals surface area contributed by atoms with Gasteiger partial charge in [-0.3, -0.25) is 9.36 Å². The zero-order valence-electron chi connectivity index (χ0n) is 16.4. The minimum absolute atomic E-state index is 0.0128. The summed E-state index contributed by atoms with van der Waals surface area (Å²) in [5.74, 6) is 0.447. The van der Waals surface area contributed by atoms with Gasteiger partial charge in [0.15, 0.2) is 5.78 Å². The lowest BCUT2D eigenvalue weighted by Crippen LogP contribution is -2.17. The number of benzene rings is 2. The summed E-state index contributed by atoms with van der Waals surface area (Å²) in [7, 11) is -1.57. The first-order valence-electron chi connectivity index (χ1n) is 9.64. The molecule has 0 saturated heterocycles. The van der Waals surface area contributed by atoms with Crippen LogP contribution in [0.1, 0.15) is 66.6 Å². The van der Waals surface area contributed by atoms with E-state index in [1.165, 1.54) is 6.42 Å². The maximum absolute atomic E-state index is 13.2. The van der Waals surface area contributed by atoms with Crippen molar-refractivity contribution in [1.82, 2.24) is 0 Å². The summed E-state index contributed by atoms with van der Waals surface area (Å²) in [4.78, 5) is 13.2. The smallest absolute Gasteiger partial charge is 0.194 e. The van der Waals surface area contributed by atoms with Gasteiger partial charge in [-0.15, -0.1) is 0 Å². The fourth-order valence-corrected chi connectivity index (χ4v) is 5.24. The molecule has 2 aromatic rings. The monoisotopic (exact) mass is 369 g/mol. The molecule has 0 saturated carbocycles. The van der Waals surface area contributed by atoms with Gasteiger partial charge in [0.05, 0.1) is 0 Å². The van der Waals surface area contributed by atoms with Gasteiger partial charge in [0.1, 0.15) is 7.80 Å². The molecule has 139 valence electrons. The van der Waals surface area contributed by atoms with Crippen LogP contribution in [-0.4, -0.2) is 11.9 Å². The molecule has 2 rings (SSSR count). The van der Waals surface area contributed by atoms with Crippen molar-refractivity contribution in [3.8, 4) is 0 Å². The highest BCUT2D eigenvalue weighted by molar-refractivity contribution is 7.53. The van der Waals surface area contributed by atoms with E-state index in [-0.39, 0.29) is 5.78 Å². The largest absolute Gasteiger partial charge is 0.289 e. The van der Waals surface area contributed by atoms with Crippen LogP contribution in [0, 0.1) is 19.8 Å². The molecule has 0 aliphatic rings. The third kappa shape index (κ3) is 4.89. The Kier molecular flexibility index (Phi) is 7.72. The summed E-state index contributed by atoms with van der Waals surface area (Å²) in [6.07, 6.45) is 5.15. The van der Waals surface area contributed by atoms with Crippen LogP contribution >= 0.6 is 7.80 Å². The van der Waals surface area contributed by atoms with Gasteiger partial charge in [-0.1, -0.05) is 63.4 Å². The summed E-state index contributed by atoms with van der Waals surface area (Å²) in [6.45, 7) is 8.27. The van der Waals surface area contributed by atoms with E-state index in [0.717, 1.165) is 36.0 Å². The van der Waals surface area contributed by atoms with E-state index in [4.69, 9.17) is 0 Å². The highest BCUT2D eigenvalue weighted by Gasteiger charge is 2.21. The normalized spacial score (nSPS) is 12.7. The van der Waals surface area contributed by atoms with E-state index in [1.54, 1.807) is 0 Å². The molecule has 0 spiro atoms. The maximum Gasteiger partial charge on any atom is 0.194 e. The van der Waals surface area contributed by atoms with Gasteiger partial charge < -0.3 is 0 Å². The molecule has 0 amide bonds. The fourth-order valence-electron chi connectivity index (χ4n) is 3.44. The van der Waals surface area contributed by atoms with Crippen LogP contribution in [0.4, 0.5) is 0 Å². The SMILES string of the molecule is CCCCC(CC)C[P](=O)c1ccccc1C(=O)c1c(C)cccc1C. The molecule has 0 heterocycles. The number of ketones is 1. The van der Waals surface area contributed by atoms with Crippen molar-refractivity contribution in [2.24, 2.45) is 5.92 Å². The van der Waals surface area contributed by atoms with E-state index in [2.05, 4.69) is 13.8 Å². The molecule has 2 unspecified atom stereocenters. The second-order valence-electron chi connectivity index (χ2n) is 7.09. The van der Waals surface area contributed by atoms with Crippen LogP contribution in [0.3, 0.4) is 0 Å². The molecule has 26 heavy (non-hydrogen) atoms. The van der Waals surface area contributed by atoms with E-state index in [0.29, 0.717) is 22.9 Å². The molecule has 0 N–H and O–H groups in total. The van der Waals surface area contributed by atoms with Crippen molar-refractivity contribution < 1.29 is 9.36 Å². The molecular weight excluding hydrogens is 339 g/mol. The molecule has 3 heteroatoms. The molecule has 0 aliphatic heterocycles. The number of carbonyl (C=O) groups excluding carboxylic acids is 1. The first kappa shape index (κ1) is 20.5. The lowest BCUT2D eigenvalue weighted by atomic mass is 9.95. The van der Waals surface area contributed by atoms with Gasteiger partial charge in [-0.25, -0.2) is 0 Å². The first-order chi connectivity index (χ1) is 12.5. The minimum atomic E-state index is -1.57. The van der Waals surface area contributed by atoms with Crippen LogP contribution in [0.5, 0.6) is 0 Å². The lowest BCUT2D eigenvalue weighted by Gasteiger charge is -2.16. The molecular formula is C23H30O2P. The molecule has 0 bridgehead atoms. The van der Waals surface area contributed by atoms with Crippen LogP contribution in [0.25, 0.3) is 0 Å². The van der Waals surface area contributed by atoms with Crippen molar-refractivity contribution in [1.29, 1.82) is 0 Å². The molecule has 0 aromatic heterocycles. The first-order valence-corrected chi connectivity index (χ1v) is 11.1. The molecule has 2 atom stereocenters. The van der Waals surface area contributed by atoms with Gasteiger partial charge in [0.2, 0.25) is 0 Å². The number of unbranched alkanes of at least 4 members (excludes halogenated alkanes) is 1. The Bertz CT molecular complexity index is 759. The molecule has 0 fully saturated rings.